The standard InChI is InChI=1S/C24H35N7O6/c1-14(29-22(34)18(26)10-15-5-7-17(32)8-6-15)21(33)31-20(11-16-12-27-13-28-16)23(35)30-19(24(36)37)4-2-3-9-25/h5-8,12-14,18-20,32H,2-4,9-11,25-26H2,1H3,(H,27,28)(H,29,34)(H,30,35)(H,31,33)(H,36,37). The minimum absolute atomic E-state index is 0.0216. The van der Waals surface area contributed by atoms with E-state index >= 15 is 0 Å². The summed E-state index contributed by atoms with van der Waals surface area (Å²) in [6.45, 7) is 1.85. The van der Waals surface area contributed by atoms with Crippen molar-refractivity contribution in [2.75, 3.05) is 6.54 Å². The van der Waals surface area contributed by atoms with Gasteiger partial charge in [0.15, 0.2) is 0 Å². The molecule has 13 heteroatoms. The Morgan fingerprint density at radius 2 is 1.65 bits per heavy atom. The minimum Gasteiger partial charge on any atom is -0.508 e. The Morgan fingerprint density at radius 1 is 0.973 bits per heavy atom. The SMILES string of the molecule is CC(NC(=O)C(N)Cc1ccc(O)cc1)C(=O)NC(Cc1cnc[nH]1)C(=O)NC(CCCCN)C(=O)O. The van der Waals surface area contributed by atoms with Gasteiger partial charge in [0.2, 0.25) is 17.7 Å². The van der Waals surface area contributed by atoms with Crippen molar-refractivity contribution in [3.8, 4) is 5.75 Å². The number of carbonyl (C=O) groups excluding carboxylic acids is 3. The highest BCUT2D eigenvalue weighted by Crippen LogP contribution is 2.11. The second-order valence-electron chi connectivity index (χ2n) is 8.73. The molecule has 37 heavy (non-hydrogen) atoms. The number of aromatic nitrogens is 2. The zero-order valence-corrected chi connectivity index (χ0v) is 20.6. The average Bonchev–Trinajstić information content (AvgIpc) is 3.37. The number of unbranched alkanes of at least 4 members (excludes halogenated alkanes) is 1. The highest BCUT2D eigenvalue weighted by Gasteiger charge is 2.29. The van der Waals surface area contributed by atoms with E-state index in [0.717, 1.165) is 5.56 Å². The molecule has 2 aromatic rings. The van der Waals surface area contributed by atoms with Gasteiger partial charge in [-0.1, -0.05) is 12.1 Å². The predicted octanol–water partition coefficient (Wildman–Crippen LogP) is -1.08. The molecule has 202 valence electrons. The number of hydrogen-bond donors (Lipinski definition) is 8. The first-order chi connectivity index (χ1) is 17.6. The maximum absolute atomic E-state index is 13.0. The first-order valence-corrected chi connectivity index (χ1v) is 12.0. The molecule has 0 spiro atoms. The zero-order valence-electron chi connectivity index (χ0n) is 20.6. The van der Waals surface area contributed by atoms with Crippen LogP contribution in [0.2, 0.25) is 0 Å². The molecular formula is C24H35N7O6. The van der Waals surface area contributed by atoms with Crippen molar-refractivity contribution in [3.63, 3.8) is 0 Å². The Balaban J connectivity index is 2.01. The van der Waals surface area contributed by atoms with Crippen LogP contribution in [0.4, 0.5) is 0 Å². The summed E-state index contributed by atoms with van der Waals surface area (Å²) in [5.41, 5.74) is 12.7. The number of carbonyl (C=O) groups is 4. The summed E-state index contributed by atoms with van der Waals surface area (Å²) in [7, 11) is 0. The van der Waals surface area contributed by atoms with Crippen molar-refractivity contribution in [1.82, 2.24) is 25.9 Å². The third-order valence-electron chi connectivity index (χ3n) is 5.65. The van der Waals surface area contributed by atoms with E-state index in [1.165, 1.54) is 31.6 Å². The van der Waals surface area contributed by atoms with Crippen LogP contribution in [-0.2, 0) is 32.0 Å². The fourth-order valence-corrected chi connectivity index (χ4v) is 3.51. The molecule has 0 saturated carbocycles. The van der Waals surface area contributed by atoms with E-state index in [9.17, 15) is 29.4 Å². The topological polar surface area (TPSA) is 226 Å². The smallest absolute Gasteiger partial charge is 0.326 e. The molecule has 1 aromatic heterocycles. The monoisotopic (exact) mass is 517 g/mol. The molecule has 4 unspecified atom stereocenters. The number of amides is 3. The van der Waals surface area contributed by atoms with E-state index < -0.39 is 47.9 Å². The van der Waals surface area contributed by atoms with E-state index in [1.807, 2.05) is 0 Å². The third-order valence-corrected chi connectivity index (χ3v) is 5.65. The van der Waals surface area contributed by atoms with Gasteiger partial charge in [-0.05, 0) is 56.8 Å². The van der Waals surface area contributed by atoms with Crippen molar-refractivity contribution in [3.05, 3.63) is 48.0 Å². The first kappa shape index (κ1) is 29.3. The Bertz CT molecular complexity index is 1030. The lowest BCUT2D eigenvalue weighted by Crippen LogP contribution is -2.57. The summed E-state index contributed by atoms with van der Waals surface area (Å²) in [6, 6.07) is 1.98. The van der Waals surface area contributed by atoms with Crippen LogP contribution in [-0.4, -0.2) is 74.6 Å². The van der Waals surface area contributed by atoms with Gasteiger partial charge in [0, 0.05) is 18.3 Å². The van der Waals surface area contributed by atoms with Crippen LogP contribution in [0.25, 0.3) is 0 Å². The normalized spacial score (nSPS) is 14.1. The summed E-state index contributed by atoms with van der Waals surface area (Å²) >= 11 is 0. The number of nitrogens with two attached hydrogens (primary N) is 2. The van der Waals surface area contributed by atoms with Crippen LogP contribution >= 0.6 is 0 Å². The molecule has 0 fully saturated rings. The van der Waals surface area contributed by atoms with E-state index in [-0.39, 0.29) is 25.0 Å². The number of hydrogen-bond acceptors (Lipinski definition) is 8. The maximum atomic E-state index is 13.0. The Hall–Kier alpha value is -3.97. The number of phenolic OH excluding ortho intramolecular Hbond substituents is 1. The van der Waals surface area contributed by atoms with Crippen molar-refractivity contribution >= 4 is 23.7 Å². The van der Waals surface area contributed by atoms with Crippen molar-refractivity contribution < 1.29 is 29.4 Å². The summed E-state index contributed by atoms with van der Waals surface area (Å²) in [5.74, 6) is -3.02. The first-order valence-electron chi connectivity index (χ1n) is 12.0. The molecule has 0 aliphatic heterocycles. The number of benzene rings is 1. The lowest BCUT2D eigenvalue weighted by Gasteiger charge is -2.23. The fourth-order valence-electron chi connectivity index (χ4n) is 3.51. The summed E-state index contributed by atoms with van der Waals surface area (Å²) in [6.07, 6.45) is 4.42. The third kappa shape index (κ3) is 9.89. The number of nitrogens with zero attached hydrogens (tertiary/aromatic N) is 1. The van der Waals surface area contributed by atoms with Gasteiger partial charge in [0.25, 0.3) is 0 Å². The predicted molar refractivity (Wildman–Crippen MR) is 134 cm³/mol. The summed E-state index contributed by atoms with van der Waals surface area (Å²) < 4.78 is 0. The maximum Gasteiger partial charge on any atom is 0.326 e. The number of carboxylic acids is 1. The molecule has 1 heterocycles. The van der Waals surface area contributed by atoms with Gasteiger partial charge in [-0.2, -0.15) is 0 Å². The van der Waals surface area contributed by atoms with E-state index in [4.69, 9.17) is 11.5 Å². The Kier molecular flexibility index (Phi) is 11.5. The molecule has 0 radical (unpaired) electrons. The van der Waals surface area contributed by atoms with Crippen molar-refractivity contribution in [2.45, 2.75) is 63.2 Å². The van der Waals surface area contributed by atoms with Gasteiger partial charge in [-0.15, -0.1) is 0 Å². The molecule has 10 N–H and O–H groups in total. The van der Waals surface area contributed by atoms with Gasteiger partial charge in [0.1, 0.15) is 23.9 Å². The molecule has 0 saturated heterocycles. The summed E-state index contributed by atoms with van der Waals surface area (Å²) in [4.78, 5) is 56.7. The van der Waals surface area contributed by atoms with Crippen LogP contribution in [0.5, 0.6) is 5.75 Å². The molecule has 2 rings (SSSR count). The van der Waals surface area contributed by atoms with Crippen LogP contribution in [0, 0.1) is 0 Å². The minimum atomic E-state index is -1.19. The second kappa shape index (κ2) is 14.6. The van der Waals surface area contributed by atoms with E-state index in [1.54, 1.807) is 12.1 Å². The number of carboxylic acid groups (broad SMARTS) is 1. The van der Waals surface area contributed by atoms with Crippen molar-refractivity contribution in [1.29, 1.82) is 0 Å². The lowest BCUT2D eigenvalue weighted by atomic mass is 10.1. The molecular weight excluding hydrogens is 482 g/mol. The molecule has 3 amide bonds. The number of aromatic amines is 1. The highest BCUT2D eigenvalue weighted by molar-refractivity contribution is 5.94. The van der Waals surface area contributed by atoms with Crippen LogP contribution in [0.1, 0.15) is 37.4 Å². The van der Waals surface area contributed by atoms with Crippen LogP contribution in [0.3, 0.4) is 0 Å². The van der Waals surface area contributed by atoms with E-state index in [0.29, 0.717) is 25.1 Å². The highest BCUT2D eigenvalue weighted by atomic mass is 16.4. The van der Waals surface area contributed by atoms with Crippen molar-refractivity contribution in [2.24, 2.45) is 11.5 Å². The van der Waals surface area contributed by atoms with Gasteiger partial charge in [-0.3, -0.25) is 14.4 Å². The van der Waals surface area contributed by atoms with Crippen LogP contribution < -0.4 is 27.4 Å². The van der Waals surface area contributed by atoms with Crippen LogP contribution in [0.15, 0.2) is 36.8 Å². The van der Waals surface area contributed by atoms with E-state index in [2.05, 4.69) is 25.9 Å². The molecule has 0 aliphatic carbocycles. The number of phenols is 1. The number of nitrogens with one attached hydrogen (secondary N) is 4. The van der Waals surface area contributed by atoms with Gasteiger partial charge in [0.05, 0.1) is 12.4 Å². The molecule has 13 nitrogen and oxygen atoms in total. The second-order valence-corrected chi connectivity index (χ2v) is 8.73. The number of aromatic hydroxyl groups is 1. The zero-order chi connectivity index (χ0) is 27.4. The number of H-pyrrole nitrogens is 1. The number of imidazole rings is 1. The summed E-state index contributed by atoms with van der Waals surface area (Å²) in [5, 5.41) is 26.4. The van der Waals surface area contributed by atoms with Gasteiger partial charge in [-0.25, -0.2) is 9.78 Å². The Morgan fingerprint density at radius 3 is 2.24 bits per heavy atom. The molecule has 4 atom stereocenters. The molecule has 0 aliphatic rings. The largest absolute Gasteiger partial charge is 0.508 e. The molecule has 1 aromatic carbocycles. The average molecular weight is 518 g/mol. The van der Waals surface area contributed by atoms with Gasteiger partial charge < -0.3 is 42.6 Å². The number of rotatable bonds is 15. The fraction of sp³-hybridized carbons (Fsp3) is 0.458. The lowest BCUT2D eigenvalue weighted by molar-refractivity contribution is -0.142. The molecule has 0 bridgehead atoms. The number of aliphatic carboxylic acids is 1. The quantitative estimate of drug-likeness (QED) is 0.134. The Labute approximate surface area is 214 Å². The van der Waals surface area contributed by atoms with Gasteiger partial charge >= 0.3 is 5.97 Å².